The van der Waals surface area contributed by atoms with Crippen LogP contribution in [0.2, 0.25) is 0 Å². The number of hydrogen-bond acceptors (Lipinski definition) is 3. The van der Waals surface area contributed by atoms with Gasteiger partial charge in [0, 0.05) is 25.3 Å². The minimum atomic E-state index is 0.0810. The quantitative estimate of drug-likeness (QED) is 0.796. The topological polar surface area (TPSA) is 75.0 Å². The van der Waals surface area contributed by atoms with E-state index >= 15 is 0 Å². The van der Waals surface area contributed by atoms with Gasteiger partial charge in [-0.2, -0.15) is 5.10 Å². The Labute approximate surface area is 109 Å². The molecular weight excluding hydrogens is 228 g/mol. The fraction of sp³-hybridized carbons (Fsp3) is 0.692. The van der Waals surface area contributed by atoms with Gasteiger partial charge in [0.1, 0.15) is 0 Å². The highest BCUT2D eigenvalue weighted by molar-refractivity contribution is 5.78. The van der Waals surface area contributed by atoms with E-state index in [-0.39, 0.29) is 11.9 Å². The lowest BCUT2D eigenvalue weighted by molar-refractivity contribution is -0.129. The minimum Gasteiger partial charge on any atom is -0.345 e. The van der Waals surface area contributed by atoms with Gasteiger partial charge in [0.25, 0.3) is 0 Å². The van der Waals surface area contributed by atoms with E-state index in [1.807, 2.05) is 20.0 Å². The molecule has 1 aromatic heterocycles. The van der Waals surface area contributed by atoms with E-state index in [4.69, 9.17) is 5.73 Å². The number of nitrogens with zero attached hydrogens (tertiary/aromatic N) is 2. The molecule has 0 bridgehead atoms. The molecule has 102 valence electrons. The number of H-pyrrole nitrogens is 1. The Morgan fingerprint density at radius 3 is 2.72 bits per heavy atom. The minimum absolute atomic E-state index is 0.0810. The predicted molar refractivity (Wildman–Crippen MR) is 72.1 cm³/mol. The molecule has 1 amide bonds. The van der Waals surface area contributed by atoms with Crippen LogP contribution in [0.1, 0.15) is 31.7 Å². The molecule has 0 fully saturated rings. The summed E-state index contributed by atoms with van der Waals surface area (Å²) in [6.07, 6.45) is 1.18. The summed E-state index contributed by atoms with van der Waals surface area (Å²) in [4.78, 5) is 13.7. The van der Waals surface area contributed by atoms with Gasteiger partial charge in [-0.05, 0) is 25.3 Å². The van der Waals surface area contributed by atoms with Gasteiger partial charge in [0.2, 0.25) is 5.91 Å². The van der Waals surface area contributed by atoms with E-state index in [2.05, 4.69) is 24.0 Å². The van der Waals surface area contributed by atoms with Crippen LogP contribution in [0.5, 0.6) is 0 Å². The maximum absolute atomic E-state index is 11.9. The first kappa shape index (κ1) is 14.7. The van der Waals surface area contributed by atoms with E-state index < -0.39 is 0 Å². The number of likely N-dealkylation sites (N-methyl/N-ethyl adjacent to an activating group) is 1. The number of amides is 1. The van der Waals surface area contributed by atoms with Crippen molar-refractivity contribution < 1.29 is 4.79 Å². The highest BCUT2D eigenvalue weighted by atomic mass is 16.2. The maximum Gasteiger partial charge on any atom is 0.228 e. The van der Waals surface area contributed by atoms with Crippen LogP contribution in [-0.4, -0.2) is 40.6 Å². The van der Waals surface area contributed by atoms with Crippen molar-refractivity contribution in [2.75, 3.05) is 13.6 Å². The molecule has 1 heterocycles. The van der Waals surface area contributed by atoms with Crippen LogP contribution in [-0.2, 0) is 11.2 Å². The number of carbonyl (C=O) groups is 1. The summed E-state index contributed by atoms with van der Waals surface area (Å²) < 4.78 is 0. The van der Waals surface area contributed by atoms with Gasteiger partial charge in [0.05, 0.1) is 12.1 Å². The molecule has 5 nitrogen and oxygen atoms in total. The van der Waals surface area contributed by atoms with Crippen molar-refractivity contribution in [1.82, 2.24) is 15.1 Å². The lowest BCUT2D eigenvalue weighted by atomic mass is 10.0. The molecule has 3 N–H and O–H groups in total. The van der Waals surface area contributed by atoms with Gasteiger partial charge in [0.15, 0.2) is 0 Å². The molecule has 0 aliphatic carbocycles. The number of carbonyl (C=O) groups excluding carboxylic acids is 1. The second-order valence-corrected chi connectivity index (χ2v) is 5.23. The van der Waals surface area contributed by atoms with Gasteiger partial charge in [-0.1, -0.05) is 13.8 Å². The van der Waals surface area contributed by atoms with Crippen LogP contribution in [0, 0.1) is 12.8 Å². The van der Waals surface area contributed by atoms with Crippen LogP contribution >= 0.6 is 0 Å². The van der Waals surface area contributed by atoms with Gasteiger partial charge >= 0.3 is 0 Å². The van der Waals surface area contributed by atoms with Gasteiger partial charge < -0.3 is 10.6 Å². The first-order valence-corrected chi connectivity index (χ1v) is 6.40. The molecule has 1 rings (SSSR count). The third-order valence-electron chi connectivity index (χ3n) is 3.17. The molecule has 0 saturated heterocycles. The molecule has 0 saturated carbocycles. The number of nitrogens with one attached hydrogen (secondary N) is 1. The fourth-order valence-corrected chi connectivity index (χ4v) is 1.66. The maximum atomic E-state index is 11.9. The number of aryl methyl sites for hydroxylation is 1. The van der Waals surface area contributed by atoms with Crippen LogP contribution in [0.25, 0.3) is 0 Å². The summed E-state index contributed by atoms with van der Waals surface area (Å²) in [6, 6.07) is 2.04. The Hall–Kier alpha value is -1.36. The normalized spacial score (nSPS) is 12.8. The molecule has 5 heteroatoms. The summed E-state index contributed by atoms with van der Waals surface area (Å²) in [6.45, 7) is 6.81. The summed E-state index contributed by atoms with van der Waals surface area (Å²) in [5, 5.41) is 6.90. The fourth-order valence-electron chi connectivity index (χ4n) is 1.66. The van der Waals surface area contributed by atoms with Crippen LogP contribution < -0.4 is 5.73 Å². The van der Waals surface area contributed by atoms with Crippen molar-refractivity contribution in [2.45, 2.75) is 39.7 Å². The number of hydrogen-bond donors (Lipinski definition) is 2. The van der Waals surface area contributed by atoms with Crippen molar-refractivity contribution in [3.8, 4) is 0 Å². The third kappa shape index (κ3) is 4.49. The van der Waals surface area contributed by atoms with Gasteiger partial charge in [-0.15, -0.1) is 0 Å². The molecule has 1 unspecified atom stereocenters. The molecule has 0 radical (unpaired) electrons. The largest absolute Gasteiger partial charge is 0.345 e. The summed E-state index contributed by atoms with van der Waals surface area (Å²) in [5.74, 6) is 0.528. The Balaban J connectivity index is 2.37. The highest BCUT2D eigenvalue weighted by Crippen LogP contribution is 2.05. The zero-order chi connectivity index (χ0) is 13.7. The summed E-state index contributed by atoms with van der Waals surface area (Å²) >= 11 is 0. The summed E-state index contributed by atoms with van der Waals surface area (Å²) in [5.41, 5.74) is 7.73. The predicted octanol–water partition coefficient (Wildman–Crippen LogP) is 1.09. The van der Waals surface area contributed by atoms with Crippen molar-refractivity contribution in [1.29, 1.82) is 0 Å². The van der Waals surface area contributed by atoms with Crippen LogP contribution in [0.4, 0.5) is 0 Å². The van der Waals surface area contributed by atoms with Crippen molar-refractivity contribution >= 4 is 5.91 Å². The second-order valence-electron chi connectivity index (χ2n) is 5.23. The zero-order valence-electron chi connectivity index (χ0n) is 11.7. The lowest BCUT2D eigenvalue weighted by Crippen LogP contribution is -2.35. The Morgan fingerprint density at radius 2 is 2.22 bits per heavy atom. The van der Waals surface area contributed by atoms with E-state index in [0.717, 1.165) is 17.8 Å². The summed E-state index contributed by atoms with van der Waals surface area (Å²) in [7, 11) is 1.81. The highest BCUT2D eigenvalue weighted by Gasteiger charge is 2.14. The van der Waals surface area contributed by atoms with Crippen molar-refractivity contribution in [3.63, 3.8) is 0 Å². The smallest absolute Gasteiger partial charge is 0.228 e. The zero-order valence-corrected chi connectivity index (χ0v) is 11.7. The number of aromatic amines is 1. The number of nitrogens with two attached hydrogens (primary N) is 1. The van der Waals surface area contributed by atoms with E-state index in [0.29, 0.717) is 18.9 Å². The molecule has 0 aromatic carbocycles. The van der Waals surface area contributed by atoms with Crippen molar-refractivity contribution in [3.05, 3.63) is 17.5 Å². The SMILES string of the molecule is Cc1cc(CC(=O)N(C)CCC(N)C(C)C)n[nH]1. The molecule has 1 atom stereocenters. The van der Waals surface area contributed by atoms with Gasteiger partial charge in [-0.25, -0.2) is 0 Å². The first-order valence-electron chi connectivity index (χ1n) is 6.40. The number of aromatic nitrogens is 2. The third-order valence-corrected chi connectivity index (χ3v) is 3.17. The molecule has 0 spiro atoms. The van der Waals surface area contributed by atoms with Gasteiger partial charge in [-0.3, -0.25) is 9.89 Å². The molecule has 18 heavy (non-hydrogen) atoms. The monoisotopic (exact) mass is 252 g/mol. The number of rotatable bonds is 6. The average molecular weight is 252 g/mol. The standard InChI is InChI=1S/C13H24N4O/c1-9(2)12(14)5-6-17(4)13(18)8-11-7-10(3)15-16-11/h7,9,12H,5-6,8,14H2,1-4H3,(H,15,16). The Morgan fingerprint density at radius 1 is 1.56 bits per heavy atom. The van der Waals surface area contributed by atoms with Crippen molar-refractivity contribution in [2.24, 2.45) is 11.7 Å². The Bertz CT molecular complexity index is 386. The Kier molecular flexibility index (Phi) is 5.34. The lowest BCUT2D eigenvalue weighted by Gasteiger charge is -2.21. The molecule has 0 aliphatic rings. The molecular formula is C13H24N4O. The van der Waals surface area contributed by atoms with E-state index in [9.17, 15) is 4.79 Å². The van der Waals surface area contributed by atoms with Crippen LogP contribution in [0.3, 0.4) is 0 Å². The average Bonchev–Trinajstić information content (AvgIpc) is 2.70. The van der Waals surface area contributed by atoms with E-state index in [1.165, 1.54) is 0 Å². The second kappa shape index (κ2) is 6.54. The molecule has 1 aromatic rings. The molecule has 0 aliphatic heterocycles. The van der Waals surface area contributed by atoms with Crippen LogP contribution in [0.15, 0.2) is 6.07 Å². The first-order chi connectivity index (χ1) is 8.40. The van der Waals surface area contributed by atoms with E-state index in [1.54, 1.807) is 4.90 Å².